The van der Waals surface area contributed by atoms with E-state index in [2.05, 4.69) is 15.3 Å². The number of halogens is 1. The maximum atomic E-state index is 13.6. The average Bonchev–Trinajstić information content (AvgIpc) is 2.83. The first-order valence-corrected chi connectivity index (χ1v) is 7.06. The monoisotopic (exact) mass is 284 g/mol. The zero-order valence-corrected chi connectivity index (χ0v) is 10.7. The number of hydrogen-bond donors (Lipinski definition) is 3. The molecule has 0 aliphatic heterocycles. The summed E-state index contributed by atoms with van der Waals surface area (Å²) in [5, 5.41) is 7.77. The molecule has 19 heavy (non-hydrogen) atoms. The van der Waals surface area contributed by atoms with Crippen LogP contribution < -0.4 is 10.5 Å². The van der Waals surface area contributed by atoms with Crippen molar-refractivity contribution in [1.82, 2.24) is 9.97 Å². The van der Waals surface area contributed by atoms with Crippen LogP contribution in [0.4, 0.5) is 10.1 Å². The van der Waals surface area contributed by atoms with Crippen molar-refractivity contribution < 1.29 is 12.8 Å². The molecule has 6 nitrogen and oxygen atoms in total. The molecule has 2 aromatic rings. The Morgan fingerprint density at radius 2 is 2.21 bits per heavy atom. The lowest BCUT2D eigenvalue weighted by atomic mass is 10.3. The summed E-state index contributed by atoms with van der Waals surface area (Å²) in [5.41, 5.74) is 0.221. The molecule has 2 rings (SSSR count). The second-order valence-corrected chi connectivity index (χ2v) is 5.46. The second-order valence-electron chi connectivity index (χ2n) is 3.90. The zero-order valence-electron chi connectivity index (χ0n) is 9.93. The van der Waals surface area contributed by atoms with Gasteiger partial charge in [-0.1, -0.05) is 0 Å². The van der Waals surface area contributed by atoms with Gasteiger partial charge in [0.2, 0.25) is 10.0 Å². The Morgan fingerprint density at radius 1 is 1.42 bits per heavy atom. The third-order valence-corrected chi connectivity index (χ3v) is 3.41. The maximum Gasteiger partial charge on any atom is 0.238 e. The van der Waals surface area contributed by atoms with E-state index in [9.17, 15) is 12.8 Å². The number of nitrogens with one attached hydrogen (secondary N) is 2. The van der Waals surface area contributed by atoms with E-state index in [1.807, 2.05) is 0 Å². The number of primary sulfonamides is 1. The van der Waals surface area contributed by atoms with E-state index >= 15 is 0 Å². The highest BCUT2D eigenvalue weighted by molar-refractivity contribution is 7.89. The Balaban J connectivity index is 2.01. The first kappa shape index (κ1) is 13.5. The number of aromatic amines is 1. The molecule has 102 valence electrons. The largest absolute Gasteiger partial charge is 0.382 e. The summed E-state index contributed by atoms with van der Waals surface area (Å²) < 4.78 is 35.7. The van der Waals surface area contributed by atoms with Crippen molar-refractivity contribution in [3.8, 4) is 0 Å². The van der Waals surface area contributed by atoms with Gasteiger partial charge >= 0.3 is 0 Å². The fourth-order valence-corrected chi connectivity index (χ4v) is 2.09. The number of nitrogens with two attached hydrogens (primary N) is 1. The molecule has 0 bridgehead atoms. The summed E-state index contributed by atoms with van der Waals surface area (Å²) in [4.78, 5) is 6.71. The minimum atomic E-state index is -3.88. The number of benzene rings is 1. The van der Waals surface area contributed by atoms with Crippen molar-refractivity contribution in [2.75, 3.05) is 11.9 Å². The van der Waals surface area contributed by atoms with Gasteiger partial charge in [-0.15, -0.1) is 0 Å². The normalized spacial score (nSPS) is 11.5. The van der Waals surface area contributed by atoms with Crippen LogP contribution in [-0.2, 0) is 16.4 Å². The molecule has 4 N–H and O–H groups in total. The van der Waals surface area contributed by atoms with Crippen molar-refractivity contribution in [3.63, 3.8) is 0 Å². The molecule has 0 saturated heterocycles. The van der Waals surface area contributed by atoms with Crippen molar-refractivity contribution in [2.24, 2.45) is 5.14 Å². The highest BCUT2D eigenvalue weighted by atomic mass is 32.2. The number of anilines is 1. The van der Waals surface area contributed by atoms with Crippen LogP contribution in [-0.4, -0.2) is 24.9 Å². The molecule has 0 aliphatic carbocycles. The van der Waals surface area contributed by atoms with Crippen LogP contribution in [0.1, 0.15) is 5.82 Å². The summed E-state index contributed by atoms with van der Waals surface area (Å²) in [6, 6.07) is 3.50. The quantitative estimate of drug-likeness (QED) is 0.757. The van der Waals surface area contributed by atoms with Crippen LogP contribution >= 0.6 is 0 Å². The Hall–Kier alpha value is -1.93. The lowest BCUT2D eigenvalue weighted by Crippen LogP contribution is -2.13. The Morgan fingerprint density at radius 3 is 2.79 bits per heavy atom. The Kier molecular flexibility index (Phi) is 3.82. The lowest BCUT2D eigenvalue weighted by Gasteiger charge is -2.07. The number of sulfonamides is 1. The van der Waals surface area contributed by atoms with E-state index < -0.39 is 15.8 Å². The summed E-state index contributed by atoms with van der Waals surface area (Å²) >= 11 is 0. The molecule has 8 heteroatoms. The summed E-state index contributed by atoms with van der Waals surface area (Å²) in [6.07, 6.45) is 3.94. The predicted molar refractivity (Wildman–Crippen MR) is 68.6 cm³/mol. The van der Waals surface area contributed by atoms with Crippen molar-refractivity contribution >= 4 is 15.7 Å². The highest BCUT2D eigenvalue weighted by Crippen LogP contribution is 2.17. The Labute approximate surface area is 109 Å². The number of rotatable bonds is 5. The predicted octanol–water partition coefficient (Wildman–Crippen LogP) is 0.851. The second kappa shape index (κ2) is 5.37. The lowest BCUT2D eigenvalue weighted by molar-refractivity contribution is 0.593. The van der Waals surface area contributed by atoms with Gasteiger partial charge in [-0.25, -0.2) is 22.9 Å². The Bertz CT molecular complexity index is 655. The molecular weight excluding hydrogens is 271 g/mol. The third-order valence-electron chi connectivity index (χ3n) is 2.50. The topological polar surface area (TPSA) is 101 Å². The summed E-state index contributed by atoms with van der Waals surface area (Å²) in [5.74, 6) is 0.125. The van der Waals surface area contributed by atoms with Gasteiger partial charge in [-0.05, 0) is 18.2 Å². The molecule has 0 atom stereocenters. The number of H-pyrrole nitrogens is 1. The smallest absolute Gasteiger partial charge is 0.238 e. The average molecular weight is 284 g/mol. The van der Waals surface area contributed by atoms with Gasteiger partial charge in [0.1, 0.15) is 11.6 Å². The fourth-order valence-electron chi connectivity index (χ4n) is 1.57. The molecule has 1 aromatic carbocycles. The summed E-state index contributed by atoms with van der Waals surface area (Å²) in [6.45, 7) is 0.471. The highest BCUT2D eigenvalue weighted by Gasteiger charge is 2.11. The minimum Gasteiger partial charge on any atom is -0.382 e. The van der Waals surface area contributed by atoms with Gasteiger partial charge in [0, 0.05) is 25.4 Å². The van der Waals surface area contributed by atoms with Gasteiger partial charge in [-0.3, -0.25) is 0 Å². The molecule has 0 amide bonds. The molecule has 0 radical (unpaired) electrons. The van der Waals surface area contributed by atoms with E-state index in [-0.39, 0.29) is 10.6 Å². The van der Waals surface area contributed by atoms with Crippen LogP contribution in [0.5, 0.6) is 0 Å². The van der Waals surface area contributed by atoms with Gasteiger partial charge in [-0.2, -0.15) is 0 Å². The molecule has 0 fully saturated rings. The van der Waals surface area contributed by atoms with E-state index in [1.54, 1.807) is 12.4 Å². The van der Waals surface area contributed by atoms with Crippen molar-refractivity contribution in [2.45, 2.75) is 11.3 Å². The third kappa shape index (κ3) is 3.52. The van der Waals surface area contributed by atoms with Gasteiger partial charge < -0.3 is 10.3 Å². The van der Waals surface area contributed by atoms with Gasteiger partial charge in [0.25, 0.3) is 0 Å². The molecule has 1 aromatic heterocycles. The van der Waals surface area contributed by atoms with Crippen molar-refractivity contribution in [3.05, 3.63) is 42.2 Å². The van der Waals surface area contributed by atoms with E-state index in [0.717, 1.165) is 11.9 Å². The zero-order chi connectivity index (χ0) is 13.9. The van der Waals surface area contributed by atoms with Gasteiger partial charge in [0.15, 0.2) is 0 Å². The van der Waals surface area contributed by atoms with E-state index in [4.69, 9.17) is 5.14 Å². The minimum absolute atomic E-state index is 0.221. The molecule has 0 saturated carbocycles. The molecule has 0 aliphatic rings. The SMILES string of the molecule is NS(=O)(=O)c1ccc(NCCc2ncc[nH]2)c(F)c1. The van der Waals surface area contributed by atoms with Crippen LogP contribution in [0, 0.1) is 5.82 Å². The van der Waals surface area contributed by atoms with Crippen LogP contribution in [0.15, 0.2) is 35.5 Å². The molecular formula is C11H13FN4O2S. The standard InChI is InChI=1S/C11H13FN4O2S/c12-9-7-8(19(13,17)18)1-2-10(9)14-4-3-11-15-5-6-16-11/h1-2,5-7,14H,3-4H2,(H,15,16)(H2,13,17,18). The fraction of sp³-hybridized carbons (Fsp3) is 0.182. The molecule has 0 spiro atoms. The van der Waals surface area contributed by atoms with Crippen molar-refractivity contribution in [1.29, 1.82) is 0 Å². The van der Waals surface area contributed by atoms with Crippen LogP contribution in [0.3, 0.4) is 0 Å². The number of imidazole rings is 1. The number of nitrogens with zero attached hydrogens (tertiary/aromatic N) is 1. The van der Waals surface area contributed by atoms with Crippen LogP contribution in [0.25, 0.3) is 0 Å². The molecule has 0 unspecified atom stereocenters. The number of aromatic nitrogens is 2. The number of hydrogen-bond acceptors (Lipinski definition) is 4. The van der Waals surface area contributed by atoms with Crippen LogP contribution in [0.2, 0.25) is 0 Å². The van der Waals surface area contributed by atoms with Gasteiger partial charge in [0.05, 0.1) is 10.6 Å². The van der Waals surface area contributed by atoms with E-state index in [1.165, 1.54) is 12.1 Å². The first-order valence-electron chi connectivity index (χ1n) is 5.51. The first-order chi connectivity index (χ1) is 8.97. The molecule has 1 heterocycles. The summed E-state index contributed by atoms with van der Waals surface area (Å²) in [7, 11) is -3.88. The maximum absolute atomic E-state index is 13.6. The van der Waals surface area contributed by atoms with E-state index in [0.29, 0.717) is 13.0 Å².